The van der Waals surface area contributed by atoms with Gasteiger partial charge in [-0.05, 0) is 38.0 Å². The minimum absolute atomic E-state index is 0.114. The van der Waals surface area contributed by atoms with E-state index in [1.807, 2.05) is 19.1 Å². The number of nitrogens with zero attached hydrogens (tertiary/aromatic N) is 2. The number of benzene rings is 1. The fraction of sp³-hybridized carbons (Fsp3) is 0.350. The summed E-state index contributed by atoms with van der Waals surface area (Å²) in [7, 11) is 0. The maximum absolute atomic E-state index is 12.5. The van der Waals surface area contributed by atoms with Gasteiger partial charge in [-0.1, -0.05) is 31.5 Å². The summed E-state index contributed by atoms with van der Waals surface area (Å²) in [4.78, 5) is 44.9. The molecule has 1 unspecified atom stereocenters. The van der Waals surface area contributed by atoms with Crippen LogP contribution in [0.25, 0.3) is 0 Å². The monoisotopic (exact) mass is 384 g/mol. The van der Waals surface area contributed by atoms with Crippen LogP contribution in [0.5, 0.6) is 0 Å². The first-order valence-electron chi connectivity index (χ1n) is 8.94. The van der Waals surface area contributed by atoms with Gasteiger partial charge in [-0.25, -0.2) is 14.8 Å². The maximum Gasteiger partial charge on any atom is 0.329 e. The maximum atomic E-state index is 12.5. The third-order valence-electron chi connectivity index (χ3n) is 3.98. The molecule has 0 saturated carbocycles. The Morgan fingerprint density at radius 3 is 2.18 bits per heavy atom. The molecule has 8 nitrogen and oxygen atoms in total. The number of aromatic nitrogens is 2. The molecular formula is C20H24N4O4. The van der Waals surface area contributed by atoms with Crippen LogP contribution in [0.4, 0.5) is 5.95 Å². The van der Waals surface area contributed by atoms with Crippen LogP contribution in [0.15, 0.2) is 42.7 Å². The lowest BCUT2D eigenvalue weighted by Gasteiger charge is -2.23. The highest BCUT2D eigenvalue weighted by atomic mass is 16.5. The SMILES string of the molecule is Cc1ccc(C(=O)N[C@H](C(=O)OC(C)C(=O)Nc2ncccn2)C(C)C)cc1. The van der Waals surface area contributed by atoms with E-state index in [0.29, 0.717) is 5.56 Å². The van der Waals surface area contributed by atoms with Crippen molar-refractivity contribution in [3.63, 3.8) is 0 Å². The Morgan fingerprint density at radius 1 is 1.00 bits per heavy atom. The van der Waals surface area contributed by atoms with Crippen molar-refractivity contribution in [2.24, 2.45) is 5.92 Å². The van der Waals surface area contributed by atoms with Gasteiger partial charge >= 0.3 is 5.97 Å². The first-order chi connectivity index (χ1) is 13.3. The van der Waals surface area contributed by atoms with Gasteiger partial charge in [0.15, 0.2) is 6.10 Å². The molecule has 2 N–H and O–H groups in total. The van der Waals surface area contributed by atoms with Crippen molar-refractivity contribution in [1.82, 2.24) is 15.3 Å². The predicted molar refractivity (Wildman–Crippen MR) is 103 cm³/mol. The minimum atomic E-state index is -1.08. The zero-order valence-electron chi connectivity index (χ0n) is 16.3. The molecule has 28 heavy (non-hydrogen) atoms. The molecule has 0 aliphatic rings. The Morgan fingerprint density at radius 2 is 1.61 bits per heavy atom. The summed E-state index contributed by atoms with van der Waals surface area (Å²) in [6, 6.07) is 7.72. The molecule has 0 bridgehead atoms. The van der Waals surface area contributed by atoms with E-state index in [-0.39, 0.29) is 17.8 Å². The Balaban J connectivity index is 1.98. The van der Waals surface area contributed by atoms with Gasteiger partial charge in [0.1, 0.15) is 6.04 Å². The molecule has 2 aromatic rings. The molecule has 1 aromatic heterocycles. The van der Waals surface area contributed by atoms with Crippen LogP contribution < -0.4 is 10.6 Å². The standard InChI is InChI=1S/C20H24N4O4/c1-12(2)16(23-18(26)15-8-6-13(3)7-9-15)19(27)28-14(4)17(25)24-20-21-10-5-11-22-20/h5-12,14,16H,1-4H3,(H,23,26)(H,21,22,24,25)/t14?,16-/m0/s1. The van der Waals surface area contributed by atoms with Crippen LogP contribution in [0.2, 0.25) is 0 Å². The molecule has 0 saturated heterocycles. The van der Waals surface area contributed by atoms with Gasteiger partial charge in [0, 0.05) is 18.0 Å². The lowest BCUT2D eigenvalue weighted by atomic mass is 10.0. The van der Waals surface area contributed by atoms with Gasteiger partial charge < -0.3 is 10.1 Å². The van der Waals surface area contributed by atoms with Gasteiger partial charge in [-0.3, -0.25) is 14.9 Å². The Kier molecular flexibility index (Phi) is 7.20. The molecule has 1 heterocycles. The molecule has 0 fully saturated rings. The minimum Gasteiger partial charge on any atom is -0.451 e. The molecule has 0 radical (unpaired) electrons. The second-order valence-electron chi connectivity index (χ2n) is 6.70. The summed E-state index contributed by atoms with van der Waals surface area (Å²) in [6.45, 7) is 6.92. The average molecular weight is 384 g/mol. The van der Waals surface area contributed by atoms with Crippen LogP contribution in [-0.2, 0) is 14.3 Å². The average Bonchev–Trinajstić information content (AvgIpc) is 2.66. The molecule has 2 rings (SSSR count). The quantitative estimate of drug-likeness (QED) is 0.708. The third kappa shape index (κ3) is 5.87. The van der Waals surface area contributed by atoms with Crippen LogP contribution in [0.3, 0.4) is 0 Å². The van der Waals surface area contributed by atoms with E-state index in [1.165, 1.54) is 19.3 Å². The van der Waals surface area contributed by atoms with Crippen molar-refractivity contribution in [2.75, 3.05) is 5.32 Å². The Bertz CT molecular complexity index is 822. The summed E-state index contributed by atoms with van der Waals surface area (Å²) in [5.74, 6) is -1.75. The van der Waals surface area contributed by atoms with Gasteiger partial charge in [0.25, 0.3) is 11.8 Å². The number of anilines is 1. The third-order valence-corrected chi connectivity index (χ3v) is 3.98. The number of nitrogens with one attached hydrogen (secondary N) is 2. The summed E-state index contributed by atoms with van der Waals surface area (Å²) in [5.41, 5.74) is 1.47. The van der Waals surface area contributed by atoms with Gasteiger partial charge in [0.05, 0.1) is 0 Å². The number of ether oxygens (including phenoxy) is 1. The van der Waals surface area contributed by atoms with Crippen molar-refractivity contribution in [3.05, 3.63) is 53.9 Å². The van der Waals surface area contributed by atoms with E-state index >= 15 is 0 Å². The van der Waals surface area contributed by atoms with Crippen LogP contribution in [0, 0.1) is 12.8 Å². The summed E-state index contributed by atoms with van der Waals surface area (Å²) in [6.07, 6.45) is 1.89. The number of hydrogen-bond acceptors (Lipinski definition) is 6. The number of carbonyl (C=O) groups is 3. The highest BCUT2D eigenvalue weighted by Crippen LogP contribution is 2.10. The lowest BCUT2D eigenvalue weighted by molar-refractivity contribution is -0.156. The lowest BCUT2D eigenvalue weighted by Crippen LogP contribution is -2.47. The number of esters is 1. The first-order valence-corrected chi connectivity index (χ1v) is 8.94. The first kappa shape index (κ1) is 21.0. The van der Waals surface area contributed by atoms with E-state index in [4.69, 9.17) is 4.74 Å². The molecule has 2 atom stereocenters. The van der Waals surface area contributed by atoms with Crippen molar-refractivity contribution in [1.29, 1.82) is 0 Å². The highest BCUT2D eigenvalue weighted by Gasteiger charge is 2.29. The van der Waals surface area contributed by atoms with Crippen molar-refractivity contribution >= 4 is 23.7 Å². The van der Waals surface area contributed by atoms with Crippen molar-refractivity contribution in [2.45, 2.75) is 39.8 Å². The zero-order chi connectivity index (χ0) is 20.7. The fourth-order valence-electron chi connectivity index (χ4n) is 2.30. The largest absolute Gasteiger partial charge is 0.451 e. The van der Waals surface area contributed by atoms with Crippen LogP contribution >= 0.6 is 0 Å². The molecule has 0 aliphatic carbocycles. The van der Waals surface area contributed by atoms with E-state index in [0.717, 1.165) is 5.56 Å². The molecule has 2 amide bonds. The summed E-state index contributed by atoms with van der Waals surface area (Å²) >= 11 is 0. The predicted octanol–water partition coefficient (Wildman–Crippen LogP) is 2.11. The molecule has 0 aliphatic heterocycles. The Labute approximate surface area is 163 Å². The smallest absolute Gasteiger partial charge is 0.329 e. The summed E-state index contributed by atoms with van der Waals surface area (Å²) in [5, 5.41) is 5.14. The van der Waals surface area contributed by atoms with Gasteiger partial charge in [0.2, 0.25) is 5.95 Å². The second kappa shape index (κ2) is 9.59. The van der Waals surface area contributed by atoms with Gasteiger partial charge in [-0.2, -0.15) is 0 Å². The van der Waals surface area contributed by atoms with Crippen molar-refractivity contribution in [3.8, 4) is 0 Å². The highest BCUT2D eigenvalue weighted by molar-refractivity contribution is 5.98. The molecule has 1 aromatic carbocycles. The number of carbonyl (C=O) groups excluding carboxylic acids is 3. The molecular weight excluding hydrogens is 360 g/mol. The molecule has 8 heteroatoms. The van der Waals surface area contributed by atoms with E-state index < -0.39 is 24.0 Å². The van der Waals surface area contributed by atoms with Crippen molar-refractivity contribution < 1.29 is 19.1 Å². The number of rotatable bonds is 7. The molecule has 0 spiro atoms. The Hall–Kier alpha value is -3.29. The fourth-order valence-corrected chi connectivity index (χ4v) is 2.30. The van der Waals surface area contributed by atoms with E-state index in [1.54, 1.807) is 32.0 Å². The topological polar surface area (TPSA) is 110 Å². The number of amides is 2. The zero-order valence-corrected chi connectivity index (χ0v) is 16.3. The summed E-state index contributed by atoms with van der Waals surface area (Å²) < 4.78 is 5.24. The second-order valence-corrected chi connectivity index (χ2v) is 6.70. The van der Waals surface area contributed by atoms with Crippen LogP contribution in [0.1, 0.15) is 36.7 Å². The normalized spacial score (nSPS) is 12.8. The van der Waals surface area contributed by atoms with E-state index in [9.17, 15) is 14.4 Å². The van der Waals surface area contributed by atoms with Crippen LogP contribution in [-0.4, -0.2) is 39.9 Å². The molecule has 148 valence electrons. The number of hydrogen-bond donors (Lipinski definition) is 2. The van der Waals surface area contributed by atoms with E-state index in [2.05, 4.69) is 20.6 Å². The number of aryl methyl sites for hydroxylation is 1. The van der Waals surface area contributed by atoms with Gasteiger partial charge in [-0.15, -0.1) is 0 Å².